The summed E-state index contributed by atoms with van der Waals surface area (Å²) in [5, 5.41) is 20.4. The molecule has 0 spiro atoms. The van der Waals surface area contributed by atoms with Crippen LogP contribution >= 0.6 is 0 Å². The Morgan fingerprint density at radius 2 is 1.77 bits per heavy atom. The Kier molecular flexibility index (Phi) is 8.35. The Morgan fingerprint density at radius 3 is 2.53 bits per heavy atom. The monoisotopic (exact) mass is 404 g/mol. The Hall–Kier alpha value is -2.77. The molecule has 0 saturated carbocycles. The van der Waals surface area contributed by atoms with E-state index in [1.807, 2.05) is 41.1 Å². The second kappa shape index (κ2) is 11.4. The smallest absolute Gasteiger partial charge is 0.119 e. The molecule has 0 amide bonds. The van der Waals surface area contributed by atoms with Crippen LogP contribution in [0.25, 0.3) is 10.9 Å². The minimum atomic E-state index is -0.612. The molecule has 2 aromatic carbocycles. The minimum Gasteiger partial charge on any atom is -0.491 e. The van der Waals surface area contributed by atoms with Crippen molar-refractivity contribution in [2.45, 2.75) is 64.5 Å². The highest BCUT2D eigenvalue weighted by Crippen LogP contribution is 2.19. The number of hydrogen-bond acceptors (Lipinski definition) is 3. The van der Waals surface area contributed by atoms with Crippen LogP contribution in [0.3, 0.4) is 0 Å². The van der Waals surface area contributed by atoms with Crippen molar-refractivity contribution in [3.63, 3.8) is 0 Å². The summed E-state index contributed by atoms with van der Waals surface area (Å²) in [7, 11) is 0. The van der Waals surface area contributed by atoms with E-state index in [1.54, 1.807) is 6.07 Å². The normalized spacial score (nSPS) is 12.0. The van der Waals surface area contributed by atoms with E-state index in [9.17, 15) is 5.11 Å². The van der Waals surface area contributed by atoms with E-state index in [1.165, 1.54) is 44.1 Å². The fraction of sp³-hybridized carbons (Fsp3) is 0.423. The van der Waals surface area contributed by atoms with Gasteiger partial charge in [-0.25, -0.2) is 0 Å². The maximum atomic E-state index is 10.4. The zero-order chi connectivity index (χ0) is 21.2. The van der Waals surface area contributed by atoms with Gasteiger partial charge in [-0.1, -0.05) is 51.2 Å². The largest absolute Gasteiger partial charge is 0.491 e. The number of unbranched alkanes of at least 4 members (excludes halogenated alkanes) is 5. The second-order valence-electron chi connectivity index (χ2n) is 7.98. The fourth-order valence-corrected chi connectivity index (χ4v) is 3.76. The molecule has 1 unspecified atom stereocenters. The van der Waals surface area contributed by atoms with Crippen molar-refractivity contribution in [3.8, 4) is 11.8 Å². The number of fused-ring (bicyclic) bond motifs is 1. The predicted molar refractivity (Wildman–Crippen MR) is 122 cm³/mol. The van der Waals surface area contributed by atoms with Crippen LogP contribution in [-0.2, 0) is 13.0 Å². The zero-order valence-electron chi connectivity index (χ0n) is 17.9. The predicted octanol–water partition coefficient (Wildman–Crippen LogP) is 5.86. The number of aliphatic hydroxyl groups is 1. The molecular weight excluding hydrogens is 372 g/mol. The molecule has 4 nitrogen and oxygen atoms in total. The highest BCUT2D eigenvalue weighted by atomic mass is 16.5. The lowest BCUT2D eigenvalue weighted by molar-refractivity contribution is 0.0935. The van der Waals surface area contributed by atoms with Crippen LogP contribution in [0.1, 0.15) is 56.6 Å². The Morgan fingerprint density at radius 1 is 1.00 bits per heavy atom. The molecule has 0 saturated heterocycles. The number of benzene rings is 2. The van der Waals surface area contributed by atoms with Gasteiger partial charge in [0, 0.05) is 17.1 Å². The van der Waals surface area contributed by atoms with Crippen LogP contribution in [0, 0.1) is 11.3 Å². The average molecular weight is 405 g/mol. The summed E-state index contributed by atoms with van der Waals surface area (Å²) in [6.07, 6.45) is 10.3. The lowest BCUT2D eigenvalue weighted by atomic mass is 10.0. The topological polar surface area (TPSA) is 58.2 Å². The number of nitrogens with zero attached hydrogens (tertiary/aromatic N) is 2. The molecular formula is C26H32N2O2. The van der Waals surface area contributed by atoms with Crippen molar-refractivity contribution in [2.24, 2.45) is 0 Å². The van der Waals surface area contributed by atoms with E-state index < -0.39 is 6.10 Å². The van der Waals surface area contributed by atoms with Crippen LogP contribution in [0.4, 0.5) is 0 Å². The summed E-state index contributed by atoms with van der Waals surface area (Å²) in [6, 6.07) is 17.9. The van der Waals surface area contributed by atoms with E-state index in [0.29, 0.717) is 12.1 Å². The summed E-state index contributed by atoms with van der Waals surface area (Å²) in [5.74, 6) is 0.789. The number of rotatable bonds is 12. The van der Waals surface area contributed by atoms with Crippen molar-refractivity contribution in [1.29, 1.82) is 5.26 Å². The lowest BCUT2D eigenvalue weighted by Crippen LogP contribution is -2.23. The van der Waals surface area contributed by atoms with Crippen LogP contribution in [0.5, 0.6) is 5.75 Å². The van der Waals surface area contributed by atoms with Crippen molar-refractivity contribution in [1.82, 2.24) is 4.57 Å². The molecule has 0 fully saturated rings. The molecule has 1 aromatic heterocycles. The summed E-state index contributed by atoms with van der Waals surface area (Å²) in [4.78, 5) is 0. The molecule has 0 aliphatic heterocycles. The van der Waals surface area contributed by atoms with Gasteiger partial charge in [0.05, 0.1) is 18.2 Å². The third-order valence-electron chi connectivity index (χ3n) is 5.49. The molecule has 0 aliphatic rings. The molecule has 0 radical (unpaired) electrons. The zero-order valence-corrected chi connectivity index (χ0v) is 17.9. The van der Waals surface area contributed by atoms with Crippen LogP contribution in [0.2, 0.25) is 0 Å². The summed E-state index contributed by atoms with van der Waals surface area (Å²) in [5.41, 5.74) is 2.99. The van der Waals surface area contributed by atoms with Gasteiger partial charge in [0.1, 0.15) is 18.5 Å². The SMILES string of the molecule is CCCCCCCCc1ccc(OCC(O)Cn2ccc3cc(C#N)ccc32)cc1. The molecule has 4 heteroatoms. The first-order valence-corrected chi connectivity index (χ1v) is 11.1. The number of aromatic nitrogens is 1. The van der Waals surface area contributed by atoms with Crippen molar-refractivity contribution in [3.05, 3.63) is 65.9 Å². The first-order chi connectivity index (χ1) is 14.7. The number of ether oxygens (including phenoxy) is 1. The molecule has 1 N–H and O–H groups in total. The molecule has 1 atom stereocenters. The van der Waals surface area contributed by atoms with Gasteiger partial charge >= 0.3 is 0 Å². The van der Waals surface area contributed by atoms with Gasteiger partial charge in [-0.2, -0.15) is 5.26 Å². The Balaban J connectivity index is 1.42. The van der Waals surface area contributed by atoms with Crippen LogP contribution in [-0.4, -0.2) is 22.4 Å². The minimum absolute atomic E-state index is 0.243. The summed E-state index contributed by atoms with van der Waals surface area (Å²) < 4.78 is 7.78. The van der Waals surface area contributed by atoms with E-state index >= 15 is 0 Å². The second-order valence-corrected chi connectivity index (χ2v) is 7.98. The van der Waals surface area contributed by atoms with E-state index in [0.717, 1.165) is 23.1 Å². The summed E-state index contributed by atoms with van der Waals surface area (Å²) >= 11 is 0. The maximum absolute atomic E-state index is 10.4. The fourth-order valence-electron chi connectivity index (χ4n) is 3.76. The van der Waals surface area contributed by atoms with E-state index in [4.69, 9.17) is 10.00 Å². The van der Waals surface area contributed by atoms with Gasteiger partial charge in [-0.15, -0.1) is 0 Å². The number of hydrogen-bond donors (Lipinski definition) is 1. The molecule has 0 bridgehead atoms. The molecule has 158 valence electrons. The first kappa shape index (κ1) is 21.9. The van der Waals surface area contributed by atoms with Gasteiger partial charge in [-0.3, -0.25) is 0 Å². The van der Waals surface area contributed by atoms with E-state index in [-0.39, 0.29) is 6.61 Å². The molecule has 0 aliphatic carbocycles. The number of aryl methyl sites for hydroxylation is 1. The molecule has 1 heterocycles. The quantitative estimate of drug-likeness (QED) is 0.385. The molecule has 3 rings (SSSR count). The number of nitriles is 1. The van der Waals surface area contributed by atoms with Gasteiger partial charge in [0.15, 0.2) is 0 Å². The van der Waals surface area contributed by atoms with Gasteiger partial charge < -0.3 is 14.4 Å². The molecule has 30 heavy (non-hydrogen) atoms. The average Bonchev–Trinajstić information content (AvgIpc) is 3.17. The third-order valence-corrected chi connectivity index (χ3v) is 5.49. The third kappa shape index (κ3) is 6.37. The van der Waals surface area contributed by atoms with Crippen molar-refractivity contribution in [2.75, 3.05) is 6.61 Å². The van der Waals surface area contributed by atoms with Gasteiger partial charge in [-0.05, 0) is 54.8 Å². The Labute approximate surface area is 179 Å². The first-order valence-electron chi connectivity index (χ1n) is 11.1. The molecule has 3 aromatic rings. The van der Waals surface area contributed by atoms with E-state index in [2.05, 4.69) is 25.1 Å². The Bertz CT molecular complexity index is 953. The lowest BCUT2D eigenvalue weighted by Gasteiger charge is -2.14. The van der Waals surface area contributed by atoms with Gasteiger partial charge in [0.2, 0.25) is 0 Å². The highest BCUT2D eigenvalue weighted by molar-refractivity contribution is 5.81. The van der Waals surface area contributed by atoms with Crippen LogP contribution in [0.15, 0.2) is 54.7 Å². The van der Waals surface area contributed by atoms with Crippen molar-refractivity contribution < 1.29 is 9.84 Å². The van der Waals surface area contributed by atoms with Crippen LogP contribution < -0.4 is 4.74 Å². The standard InChI is InChI=1S/C26H32N2O2/c1-2-3-4-5-6-7-8-21-9-12-25(13-10-21)30-20-24(29)19-28-16-15-23-17-22(18-27)11-14-26(23)28/h9-17,24,29H,2-8,19-20H2,1H3. The maximum Gasteiger partial charge on any atom is 0.119 e. The summed E-state index contributed by atoms with van der Waals surface area (Å²) in [6.45, 7) is 2.94. The van der Waals surface area contributed by atoms with Gasteiger partial charge in [0.25, 0.3) is 0 Å². The highest BCUT2D eigenvalue weighted by Gasteiger charge is 2.09. The van der Waals surface area contributed by atoms with Crippen molar-refractivity contribution >= 4 is 10.9 Å². The number of aliphatic hydroxyl groups excluding tert-OH is 1.